The van der Waals surface area contributed by atoms with Gasteiger partial charge in [0.15, 0.2) is 0 Å². The first kappa shape index (κ1) is 27.9. The van der Waals surface area contributed by atoms with Crippen LogP contribution < -0.4 is 10.6 Å². The number of piperidine rings is 1. The van der Waals surface area contributed by atoms with Crippen LogP contribution in [0.25, 0.3) is 0 Å². The molecule has 210 valence electrons. The molecule has 1 fully saturated rings. The number of H-pyrrole nitrogens is 1. The first-order valence-corrected chi connectivity index (χ1v) is 14.0. The summed E-state index contributed by atoms with van der Waals surface area (Å²) in [5, 5.41) is 20.0. The SMILES string of the molecule is Cc1cc(Cl)cc(C2=NC3(CCNCC3)N(C(CCC(C)(C)C)c3ccc(C(=O)Nc4nn[nH]n4)cc3)C2=O)c1. The fourth-order valence-corrected chi connectivity index (χ4v) is 5.83. The quantitative estimate of drug-likeness (QED) is 0.383. The molecule has 2 aliphatic rings. The molecule has 0 bridgehead atoms. The second kappa shape index (κ2) is 11.1. The summed E-state index contributed by atoms with van der Waals surface area (Å²) in [6, 6.07) is 12.9. The largest absolute Gasteiger partial charge is 0.316 e. The number of aromatic nitrogens is 4. The number of aryl methyl sites for hydroxylation is 1. The number of hydrogen-bond donors (Lipinski definition) is 3. The fourth-order valence-electron chi connectivity index (χ4n) is 5.55. The van der Waals surface area contributed by atoms with Gasteiger partial charge in [0, 0.05) is 29.0 Å². The first-order chi connectivity index (χ1) is 19.0. The lowest BCUT2D eigenvalue weighted by Gasteiger charge is -2.44. The molecule has 0 saturated carbocycles. The van der Waals surface area contributed by atoms with E-state index in [1.807, 2.05) is 42.2 Å². The number of carbonyl (C=O) groups is 2. The summed E-state index contributed by atoms with van der Waals surface area (Å²) in [6.45, 7) is 10.1. The summed E-state index contributed by atoms with van der Waals surface area (Å²) in [7, 11) is 0. The maximum atomic E-state index is 14.3. The van der Waals surface area contributed by atoms with E-state index < -0.39 is 5.66 Å². The molecule has 0 radical (unpaired) electrons. The Morgan fingerprint density at radius 3 is 2.50 bits per heavy atom. The van der Waals surface area contributed by atoms with Crippen LogP contribution in [0.2, 0.25) is 5.02 Å². The van der Waals surface area contributed by atoms with Gasteiger partial charge in [-0.05, 0) is 84.9 Å². The zero-order chi connectivity index (χ0) is 28.5. The molecule has 2 amide bonds. The molecule has 0 aliphatic carbocycles. The molecule has 10 nitrogen and oxygen atoms in total. The van der Waals surface area contributed by atoms with Crippen molar-refractivity contribution in [3.8, 4) is 0 Å². The van der Waals surface area contributed by atoms with Crippen LogP contribution in [0.5, 0.6) is 0 Å². The number of nitrogens with one attached hydrogen (secondary N) is 3. The first-order valence-electron chi connectivity index (χ1n) is 13.6. The molecule has 3 heterocycles. The maximum Gasteiger partial charge on any atom is 0.275 e. The Labute approximate surface area is 239 Å². The molecular formula is C29H35ClN8O2. The van der Waals surface area contributed by atoms with Crippen LogP contribution >= 0.6 is 11.6 Å². The van der Waals surface area contributed by atoms with Crippen molar-refractivity contribution in [2.24, 2.45) is 10.4 Å². The van der Waals surface area contributed by atoms with Crippen LogP contribution in [-0.4, -0.2) is 61.8 Å². The van der Waals surface area contributed by atoms with Crippen LogP contribution in [0.4, 0.5) is 5.95 Å². The van der Waals surface area contributed by atoms with Gasteiger partial charge in [-0.15, -0.1) is 5.10 Å². The molecule has 40 heavy (non-hydrogen) atoms. The molecule has 1 aromatic heterocycles. The third kappa shape index (κ3) is 5.93. The molecule has 1 saturated heterocycles. The predicted molar refractivity (Wildman–Crippen MR) is 154 cm³/mol. The minimum absolute atomic E-state index is 0.0699. The number of aromatic amines is 1. The van der Waals surface area contributed by atoms with E-state index in [0.717, 1.165) is 55.5 Å². The van der Waals surface area contributed by atoms with E-state index >= 15 is 0 Å². The number of hydrogen-bond acceptors (Lipinski definition) is 7. The zero-order valence-electron chi connectivity index (χ0n) is 23.3. The highest BCUT2D eigenvalue weighted by Gasteiger charge is 2.51. The van der Waals surface area contributed by atoms with Crippen LogP contribution in [0.1, 0.15) is 79.5 Å². The number of carbonyl (C=O) groups excluding carboxylic acids is 2. The van der Waals surface area contributed by atoms with E-state index in [1.54, 1.807) is 12.1 Å². The summed E-state index contributed by atoms with van der Waals surface area (Å²) >= 11 is 6.40. The molecule has 2 aromatic carbocycles. The van der Waals surface area contributed by atoms with Gasteiger partial charge >= 0.3 is 0 Å². The Balaban J connectivity index is 1.52. The maximum absolute atomic E-state index is 14.3. The number of aliphatic imine (C=N–C) groups is 1. The van der Waals surface area contributed by atoms with Gasteiger partial charge in [-0.2, -0.15) is 5.21 Å². The Morgan fingerprint density at radius 2 is 1.88 bits per heavy atom. The van der Waals surface area contributed by atoms with Crippen LogP contribution in [-0.2, 0) is 4.79 Å². The van der Waals surface area contributed by atoms with Gasteiger partial charge in [-0.1, -0.05) is 49.6 Å². The second-order valence-electron chi connectivity index (χ2n) is 11.8. The molecule has 1 atom stereocenters. The van der Waals surface area contributed by atoms with Crippen molar-refractivity contribution in [2.75, 3.05) is 18.4 Å². The summed E-state index contributed by atoms with van der Waals surface area (Å²) in [5.74, 6) is -0.316. The Hall–Kier alpha value is -3.63. The highest BCUT2D eigenvalue weighted by Crippen LogP contribution is 2.44. The Bertz CT molecular complexity index is 1390. The van der Waals surface area contributed by atoms with Crippen LogP contribution in [0.3, 0.4) is 0 Å². The van der Waals surface area contributed by atoms with Crippen molar-refractivity contribution < 1.29 is 9.59 Å². The number of tetrazole rings is 1. The van der Waals surface area contributed by atoms with Gasteiger partial charge in [-0.25, -0.2) is 0 Å². The molecule has 5 rings (SSSR count). The predicted octanol–water partition coefficient (Wildman–Crippen LogP) is 4.69. The van der Waals surface area contributed by atoms with E-state index in [4.69, 9.17) is 16.6 Å². The van der Waals surface area contributed by atoms with Crippen molar-refractivity contribution in [3.63, 3.8) is 0 Å². The van der Waals surface area contributed by atoms with Crippen molar-refractivity contribution >= 4 is 35.1 Å². The van der Waals surface area contributed by atoms with Crippen LogP contribution in [0.15, 0.2) is 47.5 Å². The van der Waals surface area contributed by atoms with Gasteiger partial charge in [0.1, 0.15) is 11.4 Å². The average Bonchev–Trinajstić information content (AvgIpc) is 3.51. The number of anilines is 1. The van der Waals surface area contributed by atoms with Gasteiger partial charge in [0.2, 0.25) is 0 Å². The highest BCUT2D eigenvalue weighted by atomic mass is 35.5. The smallest absolute Gasteiger partial charge is 0.275 e. The third-order valence-corrected chi connectivity index (χ3v) is 7.74. The number of rotatable bonds is 7. The van der Waals surface area contributed by atoms with Crippen LogP contribution in [0, 0.1) is 12.3 Å². The minimum atomic E-state index is -0.648. The van der Waals surface area contributed by atoms with E-state index in [-0.39, 0.29) is 29.2 Å². The second-order valence-corrected chi connectivity index (χ2v) is 12.2. The lowest BCUT2D eigenvalue weighted by molar-refractivity contribution is -0.132. The molecule has 1 spiro atoms. The van der Waals surface area contributed by atoms with Gasteiger partial charge in [0.05, 0.1) is 6.04 Å². The van der Waals surface area contributed by atoms with Crippen molar-refractivity contribution in [1.29, 1.82) is 0 Å². The lowest BCUT2D eigenvalue weighted by atomic mass is 9.85. The standard InChI is InChI=1S/C29H35ClN8O2/c1-18-15-21(17-22(30)16-18)24-26(40)38(29(33-24)11-13-31-14-12-29)23(9-10-28(2,3)4)19-5-7-20(8-6-19)25(39)32-27-34-36-37-35-27/h5-8,15-17,23,31H,9-14H2,1-4H3,(H2,32,34,35,36,37,39). The number of amides is 2. The lowest BCUT2D eigenvalue weighted by Crippen LogP contribution is -2.54. The molecule has 2 aliphatic heterocycles. The Morgan fingerprint density at radius 1 is 1.15 bits per heavy atom. The number of halogens is 1. The number of benzene rings is 2. The summed E-state index contributed by atoms with van der Waals surface area (Å²) < 4.78 is 0. The minimum Gasteiger partial charge on any atom is -0.316 e. The van der Waals surface area contributed by atoms with Gasteiger partial charge in [0.25, 0.3) is 17.8 Å². The third-order valence-electron chi connectivity index (χ3n) is 7.52. The van der Waals surface area contributed by atoms with Gasteiger partial charge < -0.3 is 10.2 Å². The van der Waals surface area contributed by atoms with E-state index in [9.17, 15) is 9.59 Å². The summed E-state index contributed by atoms with van der Waals surface area (Å²) in [5.41, 5.74) is 3.03. The Kier molecular flexibility index (Phi) is 7.74. The van der Waals surface area contributed by atoms with Crippen molar-refractivity contribution in [3.05, 3.63) is 69.7 Å². The average molecular weight is 563 g/mol. The molecule has 3 N–H and O–H groups in total. The monoisotopic (exact) mass is 562 g/mol. The molecule has 11 heteroatoms. The summed E-state index contributed by atoms with van der Waals surface area (Å²) in [6.07, 6.45) is 3.11. The van der Waals surface area contributed by atoms with E-state index in [0.29, 0.717) is 16.3 Å². The molecule has 1 unspecified atom stereocenters. The molecular weight excluding hydrogens is 528 g/mol. The van der Waals surface area contributed by atoms with Gasteiger partial charge in [-0.3, -0.25) is 19.9 Å². The topological polar surface area (TPSA) is 128 Å². The normalized spacial score (nSPS) is 17.7. The van der Waals surface area contributed by atoms with E-state index in [1.165, 1.54) is 0 Å². The van der Waals surface area contributed by atoms with Crippen molar-refractivity contribution in [2.45, 2.75) is 65.1 Å². The fraction of sp³-hybridized carbons (Fsp3) is 0.448. The summed E-state index contributed by atoms with van der Waals surface area (Å²) in [4.78, 5) is 34.3. The number of nitrogens with zero attached hydrogens (tertiary/aromatic N) is 5. The zero-order valence-corrected chi connectivity index (χ0v) is 24.0. The highest BCUT2D eigenvalue weighted by molar-refractivity contribution is 6.47. The van der Waals surface area contributed by atoms with Crippen molar-refractivity contribution in [1.82, 2.24) is 30.8 Å². The van der Waals surface area contributed by atoms with E-state index in [2.05, 4.69) is 52.0 Å². The molecule has 3 aromatic rings.